The Morgan fingerprint density at radius 1 is 1.06 bits per heavy atom. The molecule has 2 saturated heterocycles. The van der Waals surface area contributed by atoms with Crippen LogP contribution < -0.4 is 16.0 Å². The zero-order valence-corrected chi connectivity index (χ0v) is 18.4. The number of nitrogens with two attached hydrogens (primary N) is 1. The second-order valence-corrected chi connectivity index (χ2v) is 8.92. The zero-order valence-electron chi connectivity index (χ0n) is 17.6. The molecule has 180 valence electrons. The molecule has 3 heterocycles. The molecule has 2 fully saturated rings. The Hall–Kier alpha value is -2.40. The number of aromatic nitrogens is 2. The minimum atomic E-state index is -4.39. The van der Waals surface area contributed by atoms with Gasteiger partial charge < -0.3 is 16.0 Å². The van der Waals surface area contributed by atoms with E-state index >= 15 is 0 Å². The van der Waals surface area contributed by atoms with Gasteiger partial charge in [-0.25, -0.2) is 14.4 Å². The lowest BCUT2D eigenvalue weighted by molar-refractivity contribution is -0.196. The molecule has 1 aromatic heterocycles. The van der Waals surface area contributed by atoms with E-state index in [2.05, 4.69) is 15.3 Å². The van der Waals surface area contributed by atoms with E-state index in [0.29, 0.717) is 25.2 Å². The lowest BCUT2D eigenvalue weighted by Gasteiger charge is -2.47. The average molecular weight is 491 g/mol. The van der Waals surface area contributed by atoms with Crippen molar-refractivity contribution in [2.75, 3.05) is 42.1 Å². The molecule has 0 radical (unpaired) electrons. The average Bonchev–Trinajstić information content (AvgIpc) is 2.74. The third kappa shape index (κ3) is 5.40. The number of alkyl halides is 3. The van der Waals surface area contributed by atoms with Crippen molar-refractivity contribution in [3.8, 4) is 0 Å². The number of nitrogens with zero attached hydrogens (tertiary/aromatic N) is 4. The molecule has 3 N–H and O–H groups in total. The normalized spacial score (nSPS) is 24.7. The summed E-state index contributed by atoms with van der Waals surface area (Å²) in [7, 11) is 0. The largest absolute Gasteiger partial charge is 0.393 e. The van der Waals surface area contributed by atoms with Crippen molar-refractivity contribution in [1.82, 2.24) is 14.9 Å². The van der Waals surface area contributed by atoms with Gasteiger partial charge in [0.25, 0.3) is 0 Å². The highest BCUT2D eigenvalue weighted by molar-refractivity contribution is 6.30. The SMILES string of the molecule is Nc1ncnc(N2CC[C@H](C(F)(F)F)[C@@H](N3CCC[C@@H](Nc4cc(F)cc(Cl)c4)C3)C2)c1F. The monoisotopic (exact) mass is 490 g/mol. The van der Waals surface area contributed by atoms with Crippen molar-refractivity contribution in [3.05, 3.63) is 41.2 Å². The first-order valence-corrected chi connectivity index (χ1v) is 11.0. The number of rotatable bonds is 4. The van der Waals surface area contributed by atoms with Crippen molar-refractivity contribution in [2.24, 2.45) is 5.92 Å². The predicted molar refractivity (Wildman–Crippen MR) is 116 cm³/mol. The van der Waals surface area contributed by atoms with E-state index in [1.165, 1.54) is 17.0 Å². The van der Waals surface area contributed by atoms with Crippen LogP contribution in [0.15, 0.2) is 24.5 Å². The van der Waals surface area contributed by atoms with Crippen molar-refractivity contribution >= 4 is 28.9 Å². The van der Waals surface area contributed by atoms with Gasteiger partial charge in [-0.15, -0.1) is 0 Å². The van der Waals surface area contributed by atoms with Gasteiger partial charge in [-0.2, -0.15) is 17.6 Å². The first-order chi connectivity index (χ1) is 15.6. The number of piperidine rings is 2. The highest BCUT2D eigenvalue weighted by Crippen LogP contribution is 2.39. The van der Waals surface area contributed by atoms with Crippen molar-refractivity contribution in [1.29, 1.82) is 0 Å². The van der Waals surface area contributed by atoms with Crippen LogP contribution in [0.2, 0.25) is 5.02 Å². The Balaban J connectivity index is 1.54. The molecule has 33 heavy (non-hydrogen) atoms. The summed E-state index contributed by atoms with van der Waals surface area (Å²) in [6.45, 7) is 0.761. The van der Waals surface area contributed by atoms with Crippen LogP contribution in [-0.2, 0) is 0 Å². The summed E-state index contributed by atoms with van der Waals surface area (Å²) in [5.41, 5.74) is 6.00. The molecular formula is C21H24ClF5N6. The van der Waals surface area contributed by atoms with Crippen molar-refractivity contribution < 1.29 is 22.0 Å². The van der Waals surface area contributed by atoms with Gasteiger partial charge in [-0.3, -0.25) is 4.90 Å². The highest BCUT2D eigenvalue weighted by Gasteiger charge is 2.50. The number of halogens is 6. The molecule has 0 amide bonds. The summed E-state index contributed by atoms with van der Waals surface area (Å²) in [6, 6.07) is 2.98. The molecule has 0 bridgehead atoms. The Kier molecular flexibility index (Phi) is 6.81. The minimum Gasteiger partial charge on any atom is -0.381 e. The number of likely N-dealkylation sites (tertiary alicyclic amines) is 1. The van der Waals surface area contributed by atoms with Gasteiger partial charge in [0.1, 0.15) is 12.1 Å². The van der Waals surface area contributed by atoms with Crippen LogP contribution >= 0.6 is 11.6 Å². The number of benzene rings is 1. The van der Waals surface area contributed by atoms with E-state index in [-0.39, 0.29) is 42.2 Å². The minimum absolute atomic E-state index is 0.00532. The summed E-state index contributed by atoms with van der Waals surface area (Å²) in [5, 5.41) is 3.42. The highest BCUT2D eigenvalue weighted by atomic mass is 35.5. The zero-order chi connectivity index (χ0) is 23.8. The second-order valence-electron chi connectivity index (χ2n) is 8.48. The van der Waals surface area contributed by atoms with E-state index in [1.807, 2.05) is 0 Å². The summed E-state index contributed by atoms with van der Waals surface area (Å²) in [4.78, 5) is 10.8. The van der Waals surface area contributed by atoms with Gasteiger partial charge in [0.05, 0.1) is 5.92 Å². The quantitative estimate of drug-likeness (QED) is 0.622. The number of nitrogens with one attached hydrogen (secondary N) is 1. The molecule has 2 aromatic rings. The maximum absolute atomic E-state index is 14.5. The molecule has 3 atom stereocenters. The Bertz CT molecular complexity index is 970. The molecule has 0 saturated carbocycles. The van der Waals surface area contributed by atoms with Gasteiger partial charge in [0.2, 0.25) is 5.82 Å². The fourth-order valence-corrected chi connectivity index (χ4v) is 4.99. The van der Waals surface area contributed by atoms with Gasteiger partial charge >= 0.3 is 6.18 Å². The Morgan fingerprint density at radius 3 is 2.58 bits per heavy atom. The van der Waals surface area contributed by atoms with E-state index in [0.717, 1.165) is 12.7 Å². The van der Waals surface area contributed by atoms with E-state index in [4.69, 9.17) is 17.3 Å². The van der Waals surface area contributed by atoms with E-state index < -0.39 is 29.8 Å². The van der Waals surface area contributed by atoms with Crippen LogP contribution in [0, 0.1) is 17.6 Å². The molecule has 0 spiro atoms. The van der Waals surface area contributed by atoms with Crippen molar-refractivity contribution in [3.63, 3.8) is 0 Å². The third-order valence-electron chi connectivity index (χ3n) is 6.26. The molecule has 0 aliphatic carbocycles. The number of hydrogen-bond acceptors (Lipinski definition) is 6. The Labute approximate surface area is 192 Å². The van der Waals surface area contributed by atoms with Gasteiger partial charge in [-0.1, -0.05) is 11.6 Å². The topological polar surface area (TPSA) is 70.3 Å². The molecular weight excluding hydrogens is 467 g/mol. The maximum Gasteiger partial charge on any atom is 0.393 e. The molecule has 1 aromatic carbocycles. The number of anilines is 3. The van der Waals surface area contributed by atoms with Crippen LogP contribution in [0.1, 0.15) is 19.3 Å². The lowest BCUT2D eigenvalue weighted by Crippen LogP contribution is -2.60. The number of nitrogen functional groups attached to an aromatic ring is 1. The first kappa shape index (κ1) is 23.7. The fourth-order valence-electron chi connectivity index (χ4n) is 4.77. The molecule has 4 rings (SSSR count). The molecule has 2 aliphatic rings. The van der Waals surface area contributed by atoms with Gasteiger partial charge in [0, 0.05) is 42.4 Å². The second kappa shape index (κ2) is 9.46. The Morgan fingerprint density at radius 2 is 1.85 bits per heavy atom. The lowest BCUT2D eigenvalue weighted by atomic mass is 9.88. The fraction of sp³-hybridized carbons (Fsp3) is 0.524. The molecule has 0 unspecified atom stereocenters. The van der Waals surface area contributed by atoms with Crippen LogP contribution in [0.5, 0.6) is 0 Å². The first-order valence-electron chi connectivity index (χ1n) is 10.7. The van der Waals surface area contributed by atoms with Gasteiger partial charge in [0.15, 0.2) is 11.6 Å². The van der Waals surface area contributed by atoms with E-state index in [1.54, 1.807) is 11.0 Å². The van der Waals surface area contributed by atoms with Crippen LogP contribution in [0.3, 0.4) is 0 Å². The molecule has 6 nitrogen and oxygen atoms in total. The summed E-state index contributed by atoms with van der Waals surface area (Å²) < 4.78 is 69.9. The predicted octanol–water partition coefficient (Wildman–Crippen LogP) is 4.32. The third-order valence-corrected chi connectivity index (χ3v) is 6.47. The summed E-state index contributed by atoms with van der Waals surface area (Å²) >= 11 is 5.91. The smallest absolute Gasteiger partial charge is 0.381 e. The van der Waals surface area contributed by atoms with Gasteiger partial charge in [-0.05, 0) is 44.0 Å². The van der Waals surface area contributed by atoms with Crippen LogP contribution in [0.25, 0.3) is 0 Å². The maximum atomic E-state index is 14.5. The van der Waals surface area contributed by atoms with E-state index in [9.17, 15) is 22.0 Å². The molecule has 12 heteroatoms. The van der Waals surface area contributed by atoms with Crippen LogP contribution in [0.4, 0.5) is 39.3 Å². The summed E-state index contributed by atoms with van der Waals surface area (Å²) in [5.74, 6) is -3.31. The standard InChI is InChI=1S/C21H24ClF5N6/c22-12-6-13(23)8-15(7-12)31-14-2-1-4-32(9-14)17-10-33(5-3-16(17)21(25,26)27)20-18(24)19(28)29-11-30-20/h6-8,11,14,16-17,31H,1-5,9-10H2,(H2,28,29,30)/t14-,16+,17+/m1/s1. The molecule has 2 aliphatic heterocycles. The van der Waals surface area contributed by atoms with Crippen LogP contribution in [-0.4, -0.2) is 59.3 Å². The number of hydrogen-bond donors (Lipinski definition) is 2. The summed E-state index contributed by atoms with van der Waals surface area (Å²) in [6.07, 6.45) is -2.10. The van der Waals surface area contributed by atoms with Crippen molar-refractivity contribution in [2.45, 2.75) is 37.5 Å².